The predicted molar refractivity (Wildman–Crippen MR) is 103 cm³/mol. The minimum atomic E-state index is -0.412. The second kappa shape index (κ2) is 6.55. The van der Waals surface area contributed by atoms with Crippen molar-refractivity contribution in [1.29, 1.82) is 0 Å². The summed E-state index contributed by atoms with van der Waals surface area (Å²) in [7, 11) is 0. The summed E-state index contributed by atoms with van der Waals surface area (Å²) in [5, 5.41) is 0. The highest BCUT2D eigenvalue weighted by molar-refractivity contribution is 6.03. The van der Waals surface area contributed by atoms with Gasteiger partial charge in [-0.1, -0.05) is 29.8 Å². The fourth-order valence-electron chi connectivity index (χ4n) is 3.68. The Balaban J connectivity index is 2.14. The van der Waals surface area contributed by atoms with Gasteiger partial charge in [-0.2, -0.15) is 4.99 Å². The van der Waals surface area contributed by atoms with E-state index in [0.717, 1.165) is 18.4 Å². The van der Waals surface area contributed by atoms with Crippen molar-refractivity contribution in [2.24, 2.45) is 16.5 Å². The lowest BCUT2D eigenvalue weighted by Gasteiger charge is -2.22. The van der Waals surface area contributed by atoms with Crippen LogP contribution in [0.4, 0.5) is 0 Å². The number of hydrogen-bond donors (Lipinski definition) is 2. The average molecular weight is 333 g/mol. The minimum absolute atomic E-state index is 0.219. The second-order valence-corrected chi connectivity index (χ2v) is 6.64. The third kappa shape index (κ3) is 3.33. The molecule has 0 aliphatic heterocycles. The maximum absolute atomic E-state index is 12.2. The Morgan fingerprint density at radius 3 is 2.36 bits per heavy atom. The Bertz CT molecular complexity index is 896. The zero-order valence-electron chi connectivity index (χ0n) is 14.9. The summed E-state index contributed by atoms with van der Waals surface area (Å²) in [5.74, 6) is -0.631. The van der Waals surface area contributed by atoms with Crippen LogP contribution in [-0.2, 0) is 6.42 Å². The van der Waals surface area contributed by atoms with Crippen molar-refractivity contribution in [1.82, 2.24) is 0 Å². The molecule has 0 saturated carbocycles. The van der Waals surface area contributed by atoms with Crippen molar-refractivity contribution in [3.8, 4) is 0 Å². The number of nitrogens with zero attached hydrogens (tertiary/aromatic N) is 1. The van der Waals surface area contributed by atoms with Gasteiger partial charge in [-0.05, 0) is 79.1 Å². The number of carbonyl (C=O) groups excluding carboxylic acids is 1. The molecule has 2 aromatic rings. The summed E-state index contributed by atoms with van der Waals surface area (Å²) in [6.07, 6.45) is 4.23. The van der Waals surface area contributed by atoms with Crippen molar-refractivity contribution < 1.29 is 4.79 Å². The van der Waals surface area contributed by atoms with Crippen molar-refractivity contribution in [3.63, 3.8) is 0 Å². The van der Waals surface area contributed by atoms with E-state index in [0.29, 0.717) is 5.56 Å². The largest absolute Gasteiger partial charge is 0.370 e. The molecule has 1 aliphatic carbocycles. The number of carbonyl (C=O) groups is 1. The maximum Gasteiger partial charge on any atom is 0.280 e. The first-order valence-corrected chi connectivity index (χ1v) is 8.42. The third-order valence-electron chi connectivity index (χ3n) is 4.59. The van der Waals surface area contributed by atoms with Crippen LogP contribution in [-0.4, -0.2) is 11.9 Å². The molecule has 4 heteroatoms. The van der Waals surface area contributed by atoms with Crippen LogP contribution in [0.1, 0.15) is 50.2 Å². The predicted octanol–water partition coefficient (Wildman–Crippen LogP) is 3.40. The zero-order chi connectivity index (χ0) is 18.1. The molecule has 0 radical (unpaired) electrons. The average Bonchev–Trinajstić information content (AvgIpc) is 2.53. The highest BCUT2D eigenvalue weighted by Gasteiger charge is 2.19. The molecule has 25 heavy (non-hydrogen) atoms. The third-order valence-corrected chi connectivity index (χ3v) is 4.59. The fraction of sp³-hybridized carbons (Fsp3) is 0.238. The first-order valence-electron chi connectivity index (χ1n) is 8.42. The molecule has 0 unspecified atom stereocenters. The van der Waals surface area contributed by atoms with E-state index >= 15 is 0 Å². The van der Waals surface area contributed by atoms with Gasteiger partial charge in [-0.15, -0.1) is 0 Å². The number of nitrogens with two attached hydrogens (primary N) is 2. The van der Waals surface area contributed by atoms with Crippen LogP contribution in [0, 0.1) is 20.8 Å². The highest BCUT2D eigenvalue weighted by atomic mass is 16.1. The van der Waals surface area contributed by atoms with Gasteiger partial charge in [-0.25, -0.2) is 0 Å². The first kappa shape index (κ1) is 17.0. The number of rotatable bonds is 2. The van der Waals surface area contributed by atoms with Crippen LogP contribution in [0.15, 0.2) is 41.4 Å². The summed E-state index contributed by atoms with van der Waals surface area (Å²) in [4.78, 5) is 15.9. The van der Waals surface area contributed by atoms with Crippen molar-refractivity contribution in [3.05, 3.63) is 75.4 Å². The Hall–Kier alpha value is -2.88. The zero-order valence-corrected chi connectivity index (χ0v) is 14.9. The van der Waals surface area contributed by atoms with Crippen LogP contribution in [0.5, 0.6) is 0 Å². The van der Waals surface area contributed by atoms with E-state index in [1.54, 1.807) is 6.07 Å². The molecule has 4 N–H and O–H groups in total. The first-order chi connectivity index (χ1) is 11.9. The van der Waals surface area contributed by atoms with Crippen LogP contribution in [0.2, 0.25) is 0 Å². The molecular formula is C21H23N3O. The van der Waals surface area contributed by atoms with E-state index in [9.17, 15) is 4.79 Å². The lowest BCUT2D eigenvalue weighted by molar-refractivity contribution is 0.100. The molecule has 0 spiro atoms. The monoisotopic (exact) mass is 333 g/mol. The number of benzene rings is 2. The summed E-state index contributed by atoms with van der Waals surface area (Å²) in [6.45, 7) is 6.39. The van der Waals surface area contributed by atoms with Gasteiger partial charge in [0.15, 0.2) is 5.96 Å². The summed E-state index contributed by atoms with van der Waals surface area (Å²) >= 11 is 0. The van der Waals surface area contributed by atoms with E-state index in [4.69, 9.17) is 11.5 Å². The van der Waals surface area contributed by atoms with Gasteiger partial charge in [0.2, 0.25) is 0 Å². The minimum Gasteiger partial charge on any atom is -0.370 e. The number of amides is 1. The molecule has 1 aliphatic rings. The summed E-state index contributed by atoms with van der Waals surface area (Å²) < 4.78 is 0. The standard InChI is InChI=1S/C21H23N3O/c1-12-9-13(2)19(14(3)10-12)17-6-4-5-15-7-8-16(11-18(15)17)20(25)24-21(22)23/h6-11H,4-5H2,1-3H3,(H4,22,23,24,25). The summed E-state index contributed by atoms with van der Waals surface area (Å²) in [6, 6.07) is 10.1. The quantitative estimate of drug-likeness (QED) is 0.653. The van der Waals surface area contributed by atoms with Gasteiger partial charge >= 0.3 is 0 Å². The topological polar surface area (TPSA) is 81.5 Å². The molecule has 0 saturated heterocycles. The number of fused-ring (bicyclic) bond motifs is 1. The number of hydrogen-bond acceptors (Lipinski definition) is 1. The van der Waals surface area contributed by atoms with E-state index < -0.39 is 5.91 Å². The van der Waals surface area contributed by atoms with E-state index in [1.165, 1.54) is 33.4 Å². The van der Waals surface area contributed by atoms with E-state index in [-0.39, 0.29) is 5.96 Å². The molecule has 3 rings (SSSR count). The number of guanidine groups is 1. The van der Waals surface area contributed by atoms with E-state index in [1.807, 2.05) is 12.1 Å². The second-order valence-electron chi connectivity index (χ2n) is 6.64. The molecule has 128 valence electrons. The lowest BCUT2D eigenvalue weighted by atomic mass is 9.82. The van der Waals surface area contributed by atoms with Crippen LogP contribution < -0.4 is 11.5 Å². The van der Waals surface area contributed by atoms with Gasteiger partial charge in [-0.3, -0.25) is 4.79 Å². The Kier molecular flexibility index (Phi) is 4.45. The van der Waals surface area contributed by atoms with Gasteiger partial charge in [0.25, 0.3) is 5.91 Å². The Morgan fingerprint density at radius 1 is 1.04 bits per heavy atom. The molecule has 0 aromatic heterocycles. The number of aryl methyl sites for hydroxylation is 4. The van der Waals surface area contributed by atoms with Crippen LogP contribution in [0.3, 0.4) is 0 Å². The smallest absolute Gasteiger partial charge is 0.280 e. The molecule has 0 heterocycles. The number of allylic oxidation sites excluding steroid dienone is 1. The van der Waals surface area contributed by atoms with Crippen LogP contribution in [0.25, 0.3) is 5.57 Å². The highest BCUT2D eigenvalue weighted by Crippen LogP contribution is 2.36. The lowest BCUT2D eigenvalue weighted by Crippen LogP contribution is -2.24. The van der Waals surface area contributed by atoms with Crippen molar-refractivity contribution in [2.45, 2.75) is 33.6 Å². The molecule has 0 fully saturated rings. The van der Waals surface area contributed by atoms with Gasteiger partial charge < -0.3 is 11.5 Å². The number of aliphatic imine (C=N–C) groups is 1. The molecule has 0 bridgehead atoms. The van der Waals surface area contributed by atoms with Gasteiger partial charge in [0, 0.05) is 5.56 Å². The molecule has 1 amide bonds. The Labute approximate surface area is 148 Å². The van der Waals surface area contributed by atoms with Crippen molar-refractivity contribution >= 4 is 17.4 Å². The fourth-order valence-corrected chi connectivity index (χ4v) is 3.68. The molecule has 2 aromatic carbocycles. The van der Waals surface area contributed by atoms with Crippen molar-refractivity contribution in [2.75, 3.05) is 0 Å². The summed E-state index contributed by atoms with van der Waals surface area (Å²) in [5.41, 5.74) is 19.7. The van der Waals surface area contributed by atoms with Gasteiger partial charge in [0.05, 0.1) is 0 Å². The van der Waals surface area contributed by atoms with Gasteiger partial charge in [0.1, 0.15) is 0 Å². The maximum atomic E-state index is 12.2. The van der Waals surface area contributed by atoms with E-state index in [2.05, 4.69) is 44.0 Å². The molecule has 4 nitrogen and oxygen atoms in total. The normalized spacial score (nSPS) is 13.0. The molecular weight excluding hydrogens is 310 g/mol. The molecule has 0 atom stereocenters. The SMILES string of the molecule is Cc1cc(C)c(C2=CCCc3ccc(C(=O)N=C(N)N)cc32)c(C)c1. The Morgan fingerprint density at radius 2 is 1.72 bits per heavy atom. The van der Waals surface area contributed by atoms with Crippen LogP contribution >= 0.6 is 0 Å².